The van der Waals surface area contributed by atoms with Crippen molar-refractivity contribution in [3.05, 3.63) is 28.3 Å². The van der Waals surface area contributed by atoms with Gasteiger partial charge in [-0.2, -0.15) is 0 Å². The Balaban J connectivity index is 1.74. The number of rotatable bonds is 2. The zero-order valence-electron chi connectivity index (χ0n) is 15.4. The maximum atomic E-state index is 12.2. The molecule has 26 heavy (non-hydrogen) atoms. The summed E-state index contributed by atoms with van der Waals surface area (Å²) in [6, 6.07) is 4.59. The molecule has 1 fully saturated rings. The molecule has 9 heteroatoms. The van der Waals surface area contributed by atoms with E-state index >= 15 is 0 Å². The highest BCUT2D eigenvalue weighted by atomic mass is 16.6. The van der Waals surface area contributed by atoms with E-state index in [1.807, 2.05) is 27.7 Å². The first-order valence-electron chi connectivity index (χ1n) is 8.53. The number of hydrogen-bond donors (Lipinski definition) is 1. The molecular weight excluding hydrogens is 338 g/mol. The first-order valence-corrected chi connectivity index (χ1v) is 8.53. The van der Waals surface area contributed by atoms with Crippen molar-refractivity contribution in [2.24, 2.45) is 0 Å². The molecule has 0 aliphatic carbocycles. The molecule has 1 N–H and O–H groups in total. The number of H-pyrrole nitrogens is 1. The molecule has 1 aliphatic heterocycles. The zero-order valence-corrected chi connectivity index (χ0v) is 15.4. The number of aromatic amines is 1. The van der Waals surface area contributed by atoms with Crippen LogP contribution < -0.4 is 4.90 Å². The Morgan fingerprint density at radius 3 is 2.73 bits per heavy atom. The number of nitro groups is 1. The average Bonchev–Trinajstić information content (AvgIpc) is 2.95. The van der Waals surface area contributed by atoms with Gasteiger partial charge < -0.3 is 19.5 Å². The molecule has 0 radical (unpaired) electrons. The van der Waals surface area contributed by atoms with Gasteiger partial charge in [0.1, 0.15) is 5.60 Å². The van der Waals surface area contributed by atoms with Gasteiger partial charge in [0.25, 0.3) is 5.69 Å². The number of ether oxygens (including phenoxy) is 1. The molecule has 1 atom stereocenters. The number of nitro benzene ring substituents is 1. The third kappa shape index (κ3) is 3.71. The predicted octanol–water partition coefficient (Wildman–Crippen LogP) is 2.92. The van der Waals surface area contributed by atoms with E-state index < -0.39 is 10.5 Å². The van der Waals surface area contributed by atoms with Crippen LogP contribution in [-0.4, -0.2) is 57.2 Å². The molecule has 2 aromatic rings. The van der Waals surface area contributed by atoms with E-state index in [0.717, 1.165) is 0 Å². The second kappa shape index (κ2) is 6.47. The minimum atomic E-state index is -0.523. The minimum absolute atomic E-state index is 0.0236. The molecular formula is C17H23N5O4. The van der Waals surface area contributed by atoms with E-state index in [1.54, 1.807) is 11.0 Å². The predicted molar refractivity (Wildman–Crippen MR) is 97.4 cm³/mol. The van der Waals surface area contributed by atoms with Crippen molar-refractivity contribution >= 4 is 28.8 Å². The summed E-state index contributed by atoms with van der Waals surface area (Å²) in [5.41, 5.74) is 0.795. The molecule has 0 saturated carbocycles. The van der Waals surface area contributed by atoms with Crippen LogP contribution in [0.1, 0.15) is 27.7 Å². The van der Waals surface area contributed by atoms with Crippen LogP contribution in [0.25, 0.3) is 11.0 Å². The van der Waals surface area contributed by atoms with Gasteiger partial charge in [-0.15, -0.1) is 0 Å². The lowest BCUT2D eigenvalue weighted by Gasteiger charge is -2.40. The Morgan fingerprint density at radius 2 is 2.12 bits per heavy atom. The summed E-state index contributed by atoms with van der Waals surface area (Å²) < 4.78 is 5.43. The molecule has 2 heterocycles. The third-order valence-corrected chi connectivity index (χ3v) is 4.22. The number of carbonyl (C=O) groups excluding carboxylic acids is 1. The number of imidazole rings is 1. The van der Waals surface area contributed by atoms with Crippen LogP contribution in [0.5, 0.6) is 0 Å². The normalized spacial score (nSPS) is 18.2. The third-order valence-electron chi connectivity index (χ3n) is 4.22. The second-order valence-electron chi connectivity index (χ2n) is 7.49. The lowest BCUT2D eigenvalue weighted by atomic mass is 10.2. The van der Waals surface area contributed by atoms with Crippen molar-refractivity contribution in [2.45, 2.75) is 39.3 Å². The van der Waals surface area contributed by atoms with Crippen molar-refractivity contribution in [2.75, 3.05) is 24.5 Å². The molecule has 0 spiro atoms. The number of nitrogens with zero attached hydrogens (tertiary/aromatic N) is 4. The van der Waals surface area contributed by atoms with Crippen LogP contribution in [0.2, 0.25) is 0 Å². The molecule has 3 rings (SSSR count). The van der Waals surface area contributed by atoms with Crippen LogP contribution in [-0.2, 0) is 4.74 Å². The lowest BCUT2D eigenvalue weighted by molar-refractivity contribution is -0.384. The fraction of sp³-hybridized carbons (Fsp3) is 0.529. The highest BCUT2D eigenvalue weighted by Gasteiger charge is 2.31. The smallest absolute Gasteiger partial charge is 0.410 e. The summed E-state index contributed by atoms with van der Waals surface area (Å²) in [6.45, 7) is 9.19. The van der Waals surface area contributed by atoms with Gasteiger partial charge >= 0.3 is 6.09 Å². The molecule has 9 nitrogen and oxygen atoms in total. The summed E-state index contributed by atoms with van der Waals surface area (Å²) in [5, 5.41) is 10.9. The van der Waals surface area contributed by atoms with E-state index in [9.17, 15) is 14.9 Å². The molecule has 1 aliphatic rings. The number of hydrogen-bond acceptors (Lipinski definition) is 6. The van der Waals surface area contributed by atoms with Gasteiger partial charge in [-0.1, -0.05) is 0 Å². The van der Waals surface area contributed by atoms with Gasteiger partial charge in [0.05, 0.1) is 16.0 Å². The maximum Gasteiger partial charge on any atom is 0.410 e. The number of aromatic nitrogens is 2. The Hall–Kier alpha value is -2.84. The number of anilines is 1. The van der Waals surface area contributed by atoms with Gasteiger partial charge in [-0.05, 0) is 33.8 Å². The Bertz CT molecular complexity index is 841. The fourth-order valence-corrected chi connectivity index (χ4v) is 3.00. The van der Waals surface area contributed by atoms with Crippen LogP contribution in [0.3, 0.4) is 0 Å². The number of benzene rings is 1. The number of carbonyl (C=O) groups is 1. The van der Waals surface area contributed by atoms with Crippen LogP contribution in [0.15, 0.2) is 18.2 Å². The fourth-order valence-electron chi connectivity index (χ4n) is 3.00. The minimum Gasteiger partial charge on any atom is -0.444 e. The van der Waals surface area contributed by atoms with Gasteiger partial charge in [0, 0.05) is 37.8 Å². The van der Waals surface area contributed by atoms with Crippen LogP contribution >= 0.6 is 0 Å². The molecule has 140 valence electrons. The van der Waals surface area contributed by atoms with E-state index in [0.29, 0.717) is 36.6 Å². The summed E-state index contributed by atoms with van der Waals surface area (Å²) in [6.07, 6.45) is -0.316. The number of fused-ring (bicyclic) bond motifs is 1. The first kappa shape index (κ1) is 18.0. The van der Waals surface area contributed by atoms with Gasteiger partial charge in [0.2, 0.25) is 5.95 Å². The molecule has 1 amide bonds. The first-order chi connectivity index (χ1) is 12.1. The Labute approximate surface area is 151 Å². The number of piperazine rings is 1. The number of nitrogens with one attached hydrogen (secondary N) is 1. The van der Waals surface area contributed by atoms with Crippen LogP contribution in [0, 0.1) is 10.1 Å². The quantitative estimate of drug-likeness (QED) is 0.651. The van der Waals surface area contributed by atoms with Crippen molar-refractivity contribution in [3.8, 4) is 0 Å². The van der Waals surface area contributed by atoms with Crippen molar-refractivity contribution in [1.29, 1.82) is 0 Å². The van der Waals surface area contributed by atoms with Gasteiger partial charge in [-0.3, -0.25) is 10.1 Å². The lowest BCUT2D eigenvalue weighted by Crippen LogP contribution is -2.54. The highest BCUT2D eigenvalue weighted by Crippen LogP contribution is 2.25. The molecule has 0 bridgehead atoms. The van der Waals surface area contributed by atoms with E-state index in [4.69, 9.17) is 4.74 Å². The topological polar surface area (TPSA) is 105 Å². The second-order valence-corrected chi connectivity index (χ2v) is 7.49. The largest absolute Gasteiger partial charge is 0.444 e. The summed E-state index contributed by atoms with van der Waals surface area (Å²) in [5.74, 6) is 0.650. The van der Waals surface area contributed by atoms with E-state index in [-0.39, 0.29) is 17.8 Å². The molecule has 0 unspecified atom stereocenters. The van der Waals surface area contributed by atoms with Crippen molar-refractivity contribution in [1.82, 2.24) is 14.9 Å². The average molecular weight is 361 g/mol. The Morgan fingerprint density at radius 1 is 1.38 bits per heavy atom. The van der Waals surface area contributed by atoms with Gasteiger partial charge in [0.15, 0.2) is 0 Å². The Kier molecular flexibility index (Phi) is 4.47. The van der Waals surface area contributed by atoms with Gasteiger partial charge in [-0.25, -0.2) is 9.78 Å². The summed E-state index contributed by atoms with van der Waals surface area (Å²) in [4.78, 5) is 34.2. The van der Waals surface area contributed by atoms with E-state index in [1.165, 1.54) is 12.1 Å². The molecule has 1 saturated heterocycles. The monoisotopic (exact) mass is 361 g/mol. The maximum absolute atomic E-state index is 12.2. The van der Waals surface area contributed by atoms with E-state index in [2.05, 4.69) is 14.9 Å². The summed E-state index contributed by atoms with van der Waals surface area (Å²) in [7, 11) is 0. The highest BCUT2D eigenvalue weighted by molar-refractivity contribution is 5.80. The number of amides is 1. The number of non-ortho nitro benzene ring substituents is 1. The molecule has 1 aromatic heterocycles. The van der Waals surface area contributed by atoms with Crippen molar-refractivity contribution in [3.63, 3.8) is 0 Å². The summed E-state index contributed by atoms with van der Waals surface area (Å²) >= 11 is 0. The SMILES string of the molecule is C[C@H]1CN(C(=O)OC(C)(C)C)CCN1c1nc2ccc([N+](=O)[O-])cc2[nH]1. The standard InChI is InChI=1S/C17H23N5O4/c1-11-10-20(16(23)26-17(2,3)4)7-8-21(11)15-18-13-6-5-12(22(24)25)9-14(13)19-15/h5-6,9,11H,7-8,10H2,1-4H3,(H,18,19)/t11-/m0/s1. The molecule has 1 aromatic carbocycles. The van der Waals surface area contributed by atoms with Crippen LogP contribution in [0.4, 0.5) is 16.4 Å². The van der Waals surface area contributed by atoms with Crippen molar-refractivity contribution < 1.29 is 14.5 Å². The zero-order chi connectivity index (χ0) is 19.1.